The Morgan fingerprint density at radius 3 is 2.69 bits per heavy atom. The third kappa shape index (κ3) is 3.15. The number of aromatic amines is 1. The van der Waals surface area contributed by atoms with Gasteiger partial charge in [0.1, 0.15) is 5.82 Å². The van der Waals surface area contributed by atoms with Crippen molar-refractivity contribution in [3.8, 4) is 5.82 Å². The highest BCUT2D eigenvalue weighted by Gasteiger charge is 2.28. The van der Waals surface area contributed by atoms with Crippen LogP contribution in [-0.4, -0.2) is 43.6 Å². The summed E-state index contributed by atoms with van der Waals surface area (Å²) in [7, 11) is 0. The van der Waals surface area contributed by atoms with Crippen LogP contribution in [0.15, 0.2) is 59.5 Å². The summed E-state index contributed by atoms with van der Waals surface area (Å²) in [6, 6.07) is 14.6. The number of nitrogens with one attached hydrogen (secondary N) is 1. The van der Waals surface area contributed by atoms with E-state index in [0.29, 0.717) is 23.8 Å². The molecule has 7 nitrogen and oxygen atoms in total. The summed E-state index contributed by atoms with van der Waals surface area (Å²) in [5, 5.41) is 4.42. The number of hydrogen-bond acceptors (Lipinski definition) is 4. The molecule has 7 heteroatoms. The lowest BCUT2D eigenvalue weighted by atomic mass is 9.97. The minimum atomic E-state index is -0.315. The zero-order valence-electron chi connectivity index (χ0n) is 14.2. The Morgan fingerprint density at radius 2 is 1.92 bits per heavy atom. The smallest absolute Gasteiger partial charge is 0.338 e. The number of nitrogens with zero attached hydrogens (tertiary/aromatic N) is 4. The van der Waals surface area contributed by atoms with Gasteiger partial charge >= 0.3 is 5.69 Å². The van der Waals surface area contributed by atoms with Gasteiger partial charge in [-0.25, -0.2) is 9.78 Å². The van der Waals surface area contributed by atoms with Crippen molar-refractivity contribution in [1.29, 1.82) is 0 Å². The minimum absolute atomic E-state index is 0.00840. The first kappa shape index (κ1) is 16.3. The molecule has 1 aliphatic rings. The van der Waals surface area contributed by atoms with Crippen molar-refractivity contribution in [2.45, 2.75) is 18.8 Å². The van der Waals surface area contributed by atoms with Crippen LogP contribution in [0.4, 0.5) is 0 Å². The first-order valence-corrected chi connectivity index (χ1v) is 8.67. The van der Waals surface area contributed by atoms with Crippen LogP contribution in [0.3, 0.4) is 0 Å². The normalized spacial score (nSPS) is 17.2. The quantitative estimate of drug-likeness (QED) is 0.784. The van der Waals surface area contributed by atoms with Crippen LogP contribution >= 0.6 is 0 Å². The number of rotatable bonds is 3. The van der Waals surface area contributed by atoms with E-state index in [9.17, 15) is 9.59 Å². The number of likely N-dealkylation sites (tertiary alicyclic amines) is 1. The predicted molar refractivity (Wildman–Crippen MR) is 96.3 cm³/mol. The van der Waals surface area contributed by atoms with Crippen molar-refractivity contribution in [2.75, 3.05) is 13.1 Å². The summed E-state index contributed by atoms with van der Waals surface area (Å²) in [6.45, 7) is 1.26. The average molecular weight is 349 g/mol. The topological polar surface area (TPSA) is 83.9 Å². The summed E-state index contributed by atoms with van der Waals surface area (Å²) in [6.07, 6.45) is 3.38. The number of pyridine rings is 1. The summed E-state index contributed by atoms with van der Waals surface area (Å²) < 4.78 is 1.27. The van der Waals surface area contributed by atoms with Crippen LogP contribution < -0.4 is 5.69 Å². The summed E-state index contributed by atoms with van der Waals surface area (Å²) in [4.78, 5) is 33.8. The van der Waals surface area contributed by atoms with Crippen LogP contribution in [0.5, 0.6) is 0 Å². The lowest BCUT2D eigenvalue weighted by molar-refractivity contribution is 0.0704. The number of hydrogen-bond donors (Lipinski definition) is 1. The van der Waals surface area contributed by atoms with Gasteiger partial charge in [-0.2, -0.15) is 4.68 Å². The Hall–Kier alpha value is -3.22. The second-order valence-electron chi connectivity index (χ2n) is 6.37. The number of carbonyl (C=O) groups is 1. The highest BCUT2D eigenvalue weighted by molar-refractivity contribution is 5.94. The van der Waals surface area contributed by atoms with Gasteiger partial charge < -0.3 is 4.90 Å². The van der Waals surface area contributed by atoms with Crippen molar-refractivity contribution >= 4 is 5.91 Å². The van der Waals surface area contributed by atoms with E-state index < -0.39 is 0 Å². The third-order valence-corrected chi connectivity index (χ3v) is 4.62. The Labute approximate surface area is 150 Å². The van der Waals surface area contributed by atoms with Gasteiger partial charge in [0.2, 0.25) is 0 Å². The fraction of sp³-hybridized carbons (Fsp3) is 0.263. The van der Waals surface area contributed by atoms with Crippen molar-refractivity contribution in [2.24, 2.45) is 0 Å². The second-order valence-corrected chi connectivity index (χ2v) is 6.37. The first-order valence-electron chi connectivity index (χ1n) is 8.67. The second kappa shape index (κ2) is 6.95. The molecule has 1 N–H and O–H groups in total. The molecule has 4 rings (SSSR count). The van der Waals surface area contributed by atoms with Gasteiger partial charge in [-0.05, 0) is 37.1 Å². The molecule has 1 atom stereocenters. The van der Waals surface area contributed by atoms with E-state index in [4.69, 9.17) is 0 Å². The standard InChI is InChI=1S/C19H19N5O2/c25-18(14-7-2-1-3-8-14)23-12-6-9-15(13-23)17-21-19(26)24(22-17)16-10-4-5-11-20-16/h1-5,7-8,10-11,15H,6,9,12-13H2,(H,21,22,26). The van der Waals surface area contributed by atoms with Gasteiger partial charge in [-0.3, -0.25) is 9.78 Å². The molecule has 1 aliphatic heterocycles. The van der Waals surface area contributed by atoms with Crippen molar-refractivity contribution in [3.63, 3.8) is 0 Å². The molecule has 1 unspecified atom stereocenters. The highest BCUT2D eigenvalue weighted by atomic mass is 16.2. The molecule has 26 heavy (non-hydrogen) atoms. The van der Waals surface area contributed by atoms with Gasteiger partial charge in [0.15, 0.2) is 5.82 Å². The number of carbonyl (C=O) groups excluding carboxylic acids is 1. The van der Waals surface area contributed by atoms with Crippen LogP contribution in [0.1, 0.15) is 34.9 Å². The van der Waals surface area contributed by atoms with Crippen molar-refractivity contribution < 1.29 is 4.79 Å². The molecule has 0 saturated carbocycles. The molecule has 3 heterocycles. The maximum Gasteiger partial charge on any atom is 0.349 e. The van der Waals surface area contributed by atoms with Crippen LogP contribution in [0, 0.1) is 0 Å². The summed E-state index contributed by atoms with van der Waals surface area (Å²) >= 11 is 0. The molecular formula is C19H19N5O2. The van der Waals surface area contributed by atoms with E-state index in [1.54, 1.807) is 18.3 Å². The Balaban J connectivity index is 1.55. The lowest BCUT2D eigenvalue weighted by Crippen LogP contribution is -2.39. The maximum atomic E-state index is 12.7. The van der Waals surface area contributed by atoms with Crippen LogP contribution in [0.2, 0.25) is 0 Å². The average Bonchev–Trinajstić information content (AvgIpc) is 3.10. The van der Waals surface area contributed by atoms with Gasteiger partial charge in [0, 0.05) is 30.8 Å². The molecular weight excluding hydrogens is 330 g/mol. The number of H-pyrrole nitrogens is 1. The van der Waals surface area contributed by atoms with Crippen molar-refractivity contribution in [3.05, 3.63) is 76.6 Å². The van der Waals surface area contributed by atoms with E-state index in [1.165, 1.54) is 4.68 Å². The van der Waals surface area contributed by atoms with Crippen molar-refractivity contribution in [1.82, 2.24) is 24.6 Å². The first-order chi connectivity index (χ1) is 12.7. The minimum Gasteiger partial charge on any atom is -0.338 e. The molecule has 2 aromatic heterocycles. The summed E-state index contributed by atoms with van der Waals surface area (Å²) in [5.41, 5.74) is 0.367. The number of aromatic nitrogens is 4. The molecule has 0 bridgehead atoms. The largest absolute Gasteiger partial charge is 0.349 e. The molecule has 132 valence electrons. The van der Waals surface area contributed by atoms with Gasteiger partial charge in [-0.1, -0.05) is 24.3 Å². The van der Waals surface area contributed by atoms with E-state index in [2.05, 4.69) is 15.1 Å². The van der Waals surface area contributed by atoms with Gasteiger partial charge in [-0.15, -0.1) is 5.10 Å². The predicted octanol–water partition coefficient (Wildman–Crippen LogP) is 1.98. The van der Waals surface area contributed by atoms with Crippen LogP contribution in [0.25, 0.3) is 5.82 Å². The molecule has 1 aromatic carbocycles. The molecule has 0 spiro atoms. The third-order valence-electron chi connectivity index (χ3n) is 4.62. The fourth-order valence-corrected chi connectivity index (χ4v) is 3.31. The molecule has 1 fully saturated rings. The molecule has 0 aliphatic carbocycles. The lowest BCUT2D eigenvalue weighted by Gasteiger charge is -2.31. The zero-order valence-corrected chi connectivity index (χ0v) is 14.2. The Bertz CT molecular complexity index is 949. The highest BCUT2D eigenvalue weighted by Crippen LogP contribution is 2.25. The fourth-order valence-electron chi connectivity index (χ4n) is 3.31. The van der Waals surface area contributed by atoms with E-state index in [-0.39, 0.29) is 17.5 Å². The zero-order chi connectivity index (χ0) is 17.9. The SMILES string of the molecule is O=C(c1ccccc1)N1CCCC(c2nn(-c3ccccn3)c(=O)[nH]2)C1. The molecule has 0 radical (unpaired) electrons. The van der Waals surface area contributed by atoms with E-state index in [0.717, 1.165) is 19.4 Å². The van der Waals surface area contributed by atoms with Gasteiger partial charge in [0.05, 0.1) is 0 Å². The number of amides is 1. The molecule has 1 amide bonds. The maximum absolute atomic E-state index is 12.7. The summed E-state index contributed by atoms with van der Waals surface area (Å²) in [5.74, 6) is 1.11. The van der Waals surface area contributed by atoms with Gasteiger partial charge in [0.25, 0.3) is 5.91 Å². The van der Waals surface area contributed by atoms with Crippen LogP contribution in [-0.2, 0) is 0 Å². The Morgan fingerprint density at radius 1 is 1.12 bits per heavy atom. The van der Waals surface area contributed by atoms with E-state index >= 15 is 0 Å². The number of piperidine rings is 1. The van der Waals surface area contributed by atoms with E-state index in [1.807, 2.05) is 41.3 Å². The molecule has 3 aromatic rings. The number of benzene rings is 1. The molecule has 1 saturated heterocycles. The monoisotopic (exact) mass is 349 g/mol. The Kier molecular flexibility index (Phi) is 4.35.